The van der Waals surface area contributed by atoms with Crippen LogP contribution in [-0.2, 0) is 11.2 Å². The molecule has 1 aromatic carbocycles. The number of ketones is 1. The molecule has 0 amide bonds. The van der Waals surface area contributed by atoms with E-state index in [1.807, 2.05) is 25.1 Å². The molecule has 1 atom stereocenters. The van der Waals surface area contributed by atoms with Gasteiger partial charge in [0.2, 0.25) is 0 Å². The highest BCUT2D eigenvalue weighted by Gasteiger charge is 2.32. The van der Waals surface area contributed by atoms with Crippen LogP contribution in [0, 0.1) is 6.92 Å². The van der Waals surface area contributed by atoms with Gasteiger partial charge in [-0.1, -0.05) is 43.7 Å². The molecule has 2 aromatic rings. The summed E-state index contributed by atoms with van der Waals surface area (Å²) in [4.78, 5) is 28.0. The second-order valence-electron chi connectivity index (χ2n) is 6.41. The van der Waals surface area contributed by atoms with E-state index in [2.05, 4.69) is 24.0 Å². The number of aromatic nitrogens is 1. The molecule has 0 bridgehead atoms. The molecule has 24 heavy (non-hydrogen) atoms. The van der Waals surface area contributed by atoms with Crippen LogP contribution in [0.2, 0.25) is 0 Å². The smallest absolute Gasteiger partial charge is 0.355 e. The number of Topliss-reactive ketones (excluding diaryl/α,β-unsaturated/α-hetero) is 1. The summed E-state index contributed by atoms with van der Waals surface area (Å²) in [6.07, 6.45) is 3.05. The van der Waals surface area contributed by atoms with Crippen molar-refractivity contribution in [2.45, 2.75) is 45.4 Å². The van der Waals surface area contributed by atoms with Gasteiger partial charge in [0, 0.05) is 17.7 Å². The van der Waals surface area contributed by atoms with E-state index in [1.165, 1.54) is 0 Å². The van der Waals surface area contributed by atoms with Crippen LogP contribution in [0.5, 0.6) is 0 Å². The van der Waals surface area contributed by atoms with Crippen molar-refractivity contribution in [2.75, 3.05) is 6.61 Å². The highest BCUT2D eigenvalue weighted by molar-refractivity contribution is 6.03. The normalized spacial score (nSPS) is 16.8. The number of rotatable bonds is 5. The van der Waals surface area contributed by atoms with Crippen molar-refractivity contribution in [2.24, 2.45) is 0 Å². The Balaban J connectivity index is 1.84. The third-order valence-electron chi connectivity index (χ3n) is 4.69. The number of aromatic amines is 1. The topological polar surface area (TPSA) is 59.2 Å². The molecule has 0 spiro atoms. The molecule has 126 valence electrons. The van der Waals surface area contributed by atoms with Crippen molar-refractivity contribution >= 4 is 11.8 Å². The van der Waals surface area contributed by atoms with E-state index >= 15 is 0 Å². The third kappa shape index (κ3) is 3.14. The molecule has 0 aliphatic heterocycles. The quantitative estimate of drug-likeness (QED) is 0.662. The number of benzene rings is 1. The minimum Gasteiger partial charge on any atom is -0.461 e. The molecule has 1 aliphatic rings. The minimum absolute atomic E-state index is 0.103. The lowest BCUT2D eigenvalue weighted by Gasteiger charge is -2.22. The second kappa shape index (κ2) is 7.04. The largest absolute Gasteiger partial charge is 0.461 e. The van der Waals surface area contributed by atoms with Crippen molar-refractivity contribution in [3.63, 3.8) is 0 Å². The van der Waals surface area contributed by atoms with Gasteiger partial charge in [0.15, 0.2) is 5.78 Å². The molecular formula is C20H23NO3. The summed E-state index contributed by atoms with van der Waals surface area (Å²) < 4.78 is 5.29. The molecule has 1 aromatic heterocycles. The van der Waals surface area contributed by atoms with Crippen LogP contribution in [0.1, 0.15) is 69.8 Å². The fourth-order valence-electron chi connectivity index (χ4n) is 3.38. The van der Waals surface area contributed by atoms with Gasteiger partial charge in [-0.15, -0.1) is 0 Å². The summed E-state index contributed by atoms with van der Waals surface area (Å²) in [5.74, 6) is -0.0981. The Morgan fingerprint density at radius 1 is 1.25 bits per heavy atom. The molecule has 0 saturated heterocycles. The number of nitrogens with one attached hydrogen (secondary N) is 1. The number of H-pyrrole nitrogens is 1. The molecule has 1 aliphatic carbocycles. The Kier molecular flexibility index (Phi) is 4.84. The summed E-state index contributed by atoms with van der Waals surface area (Å²) in [6.45, 7) is 4.29. The summed E-state index contributed by atoms with van der Waals surface area (Å²) in [5, 5.41) is 0. The van der Waals surface area contributed by atoms with Crippen molar-refractivity contribution in [1.82, 2.24) is 4.98 Å². The number of hydrogen-bond acceptors (Lipinski definition) is 3. The zero-order chi connectivity index (χ0) is 17.1. The Morgan fingerprint density at radius 2 is 2.00 bits per heavy atom. The lowest BCUT2D eigenvalue weighted by atomic mass is 9.81. The summed E-state index contributed by atoms with van der Waals surface area (Å²) in [6, 6.07) is 10.1. The van der Waals surface area contributed by atoms with Gasteiger partial charge in [0.25, 0.3) is 0 Å². The van der Waals surface area contributed by atoms with E-state index in [0.29, 0.717) is 24.3 Å². The molecule has 4 heteroatoms. The average molecular weight is 325 g/mol. The first-order chi connectivity index (χ1) is 11.6. The Hall–Kier alpha value is -2.36. The number of esters is 1. The lowest BCUT2D eigenvalue weighted by molar-refractivity contribution is 0.0492. The first kappa shape index (κ1) is 16.5. The van der Waals surface area contributed by atoms with Crippen LogP contribution < -0.4 is 0 Å². The van der Waals surface area contributed by atoms with Gasteiger partial charge in [-0.25, -0.2) is 4.79 Å². The van der Waals surface area contributed by atoms with Crippen molar-refractivity contribution < 1.29 is 14.3 Å². The Morgan fingerprint density at radius 3 is 2.71 bits per heavy atom. The summed E-state index contributed by atoms with van der Waals surface area (Å²) in [5.41, 5.74) is 3.86. The van der Waals surface area contributed by atoms with E-state index in [1.54, 1.807) is 0 Å². The van der Waals surface area contributed by atoms with Crippen LogP contribution >= 0.6 is 0 Å². The molecule has 1 unspecified atom stereocenters. The number of ether oxygens (including phenoxy) is 1. The van der Waals surface area contributed by atoms with E-state index in [4.69, 9.17) is 4.74 Å². The number of hydrogen-bond donors (Lipinski definition) is 1. The first-order valence-corrected chi connectivity index (χ1v) is 8.58. The maximum absolute atomic E-state index is 12.6. The van der Waals surface area contributed by atoms with Crippen LogP contribution in [0.4, 0.5) is 0 Å². The molecular weight excluding hydrogens is 302 g/mol. The summed E-state index contributed by atoms with van der Waals surface area (Å²) in [7, 11) is 0. The molecule has 1 heterocycles. The maximum Gasteiger partial charge on any atom is 0.355 e. The monoisotopic (exact) mass is 325 g/mol. The number of fused-ring (bicyclic) bond motifs is 1. The van der Waals surface area contributed by atoms with Crippen molar-refractivity contribution in [1.29, 1.82) is 0 Å². The van der Waals surface area contributed by atoms with Crippen LogP contribution in [-0.4, -0.2) is 23.3 Å². The predicted molar refractivity (Wildman–Crippen MR) is 92.6 cm³/mol. The van der Waals surface area contributed by atoms with Gasteiger partial charge in [-0.2, -0.15) is 0 Å². The van der Waals surface area contributed by atoms with Crippen LogP contribution in [0.25, 0.3) is 0 Å². The Labute approximate surface area is 142 Å². The van der Waals surface area contributed by atoms with E-state index in [0.717, 1.165) is 36.1 Å². The number of unbranched alkanes of at least 4 members (excludes halogenated alkanes) is 1. The van der Waals surface area contributed by atoms with Crippen molar-refractivity contribution in [3.05, 3.63) is 58.4 Å². The predicted octanol–water partition coefficient (Wildman–Crippen LogP) is 4.19. The molecule has 1 N–H and O–H groups in total. The first-order valence-electron chi connectivity index (χ1n) is 8.58. The maximum atomic E-state index is 12.6. The zero-order valence-electron chi connectivity index (χ0n) is 14.2. The fraction of sp³-hybridized carbons (Fsp3) is 0.400. The number of carbonyl (C=O) groups excluding carboxylic acids is 2. The van der Waals surface area contributed by atoms with Gasteiger partial charge in [-0.05, 0) is 36.8 Å². The Bertz CT molecular complexity index is 746. The molecule has 0 radical (unpaired) electrons. The average Bonchev–Trinajstić information content (AvgIpc) is 2.93. The van der Waals surface area contributed by atoms with E-state index < -0.39 is 0 Å². The summed E-state index contributed by atoms with van der Waals surface area (Å²) >= 11 is 0. The van der Waals surface area contributed by atoms with Crippen LogP contribution in [0.15, 0.2) is 30.3 Å². The molecule has 3 rings (SSSR count). The lowest BCUT2D eigenvalue weighted by Crippen LogP contribution is -2.18. The van der Waals surface area contributed by atoms with E-state index in [9.17, 15) is 9.59 Å². The fourth-order valence-corrected chi connectivity index (χ4v) is 3.38. The van der Waals surface area contributed by atoms with Gasteiger partial charge in [-0.3, -0.25) is 4.79 Å². The second-order valence-corrected chi connectivity index (χ2v) is 6.41. The van der Waals surface area contributed by atoms with Gasteiger partial charge < -0.3 is 9.72 Å². The van der Waals surface area contributed by atoms with Gasteiger partial charge in [0.1, 0.15) is 5.69 Å². The highest BCUT2D eigenvalue weighted by atomic mass is 16.5. The molecule has 4 nitrogen and oxygen atoms in total. The van der Waals surface area contributed by atoms with Gasteiger partial charge >= 0.3 is 5.97 Å². The zero-order valence-corrected chi connectivity index (χ0v) is 14.2. The van der Waals surface area contributed by atoms with Crippen molar-refractivity contribution in [3.8, 4) is 0 Å². The van der Waals surface area contributed by atoms with E-state index in [-0.39, 0.29) is 17.7 Å². The number of carbonyl (C=O) groups is 2. The minimum atomic E-state index is -0.362. The van der Waals surface area contributed by atoms with Crippen LogP contribution in [0.3, 0.4) is 0 Å². The standard InChI is InChI=1S/C20H23NO3/c1-3-4-10-24-20(23)19-13(2)18-16(21-19)11-15(12-17(18)22)14-8-6-5-7-9-14/h5-9,15,21H,3-4,10-12H2,1-2H3. The molecule has 0 saturated carbocycles. The van der Waals surface area contributed by atoms with Gasteiger partial charge in [0.05, 0.1) is 6.61 Å². The third-order valence-corrected chi connectivity index (χ3v) is 4.69. The highest BCUT2D eigenvalue weighted by Crippen LogP contribution is 2.35. The molecule has 0 fully saturated rings. The SMILES string of the molecule is CCCCOC(=O)c1[nH]c2c(c1C)C(=O)CC(c1ccccc1)C2.